The van der Waals surface area contributed by atoms with Crippen molar-refractivity contribution in [2.75, 3.05) is 6.54 Å². The summed E-state index contributed by atoms with van der Waals surface area (Å²) in [5, 5.41) is 7.85. The molecule has 0 radical (unpaired) electrons. The first-order valence-corrected chi connectivity index (χ1v) is 8.65. The van der Waals surface area contributed by atoms with E-state index >= 15 is 0 Å². The molecule has 5 nitrogen and oxygen atoms in total. The summed E-state index contributed by atoms with van der Waals surface area (Å²) in [5.74, 6) is 4.69. The van der Waals surface area contributed by atoms with Crippen LogP contribution in [0.3, 0.4) is 0 Å². The quantitative estimate of drug-likeness (QED) is 0.689. The minimum Gasteiger partial charge on any atom is -0.344 e. The Morgan fingerprint density at radius 3 is 2.59 bits per heavy atom. The monoisotopic (exact) mass is 399 g/mol. The van der Waals surface area contributed by atoms with Crippen molar-refractivity contribution in [2.24, 2.45) is 0 Å². The summed E-state index contributed by atoms with van der Waals surface area (Å²) in [6.07, 6.45) is -4.44. The van der Waals surface area contributed by atoms with Crippen molar-refractivity contribution in [3.8, 4) is 11.8 Å². The number of aromatic nitrogens is 2. The maximum Gasteiger partial charge on any atom is 0.416 e. The van der Waals surface area contributed by atoms with E-state index in [9.17, 15) is 22.8 Å². The molecule has 8 heteroatoms. The van der Waals surface area contributed by atoms with Crippen LogP contribution in [0.1, 0.15) is 16.8 Å². The molecule has 0 aliphatic rings. The number of halogens is 3. The van der Waals surface area contributed by atoms with E-state index in [2.05, 4.69) is 22.3 Å². The van der Waals surface area contributed by atoms with Gasteiger partial charge in [-0.25, -0.2) is 4.68 Å². The van der Waals surface area contributed by atoms with E-state index in [1.807, 2.05) is 0 Å². The number of benzene rings is 2. The first-order valence-electron chi connectivity index (χ1n) is 8.65. The number of hydrogen-bond donors (Lipinski definition) is 1. The smallest absolute Gasteiger partial charge is 0.344 e. The summed E-state index contributed by atoms with van der Waals surface area (Å²) in [6.45, 7) is 1.39. The Balaban J connectivity index is 1.65. The van der Waals surface area contributed by atoms with Gasteiger partial charge in [-0.1, -0.05) is 36.1 Å². The van der Waals surface area contributed by atoms with Crippen LogP contribution in [0.15, 0.2) is 53.3 Å². The topological polar surface area (TPSA) is 64.0 Å². The third-order valence-corrected chi connectivity index (χ3v) is 4.14. The van der Waals surface area contributed by atoms with E-state index in [1.54, 1.807) is 31.2 Å². The highest BCUT2D eigenvalue weighted by Crippen LogP contribution is 2.29. The van der Waals surface area contributed by atoms with Crippen molar-refractivity contribution >= 4 is 16.7 Å². The first kappa shape index (κ1) is 20.1. The molecule has 1 heterocycles. The second-order valence-corrected chi connectivity index (χ2v) is 6.25. The number of aryl methyl sites for hydroxylation is 1. The molecule has 0 fully saturated rings. The molecule has 0 aliphatic carbocycles. The third kappa shape index (κ3) is 4.82. The highest BCUT2D eigenvalue weighted by molar-refractivity contribution is 5.83. The zero-order valence-electron chi connectivity index (χ0n) is 15.4. The van der Waals surface area contributed by atoms with Crippen LogP contribution in [-0.2, 0) is 17.5 Å². The molecule has 0 aliphatic heterocycles. The summed E-state index contributed by atoms with van der Waals surface area (Å²) in [4.78, 5) is 24.5. The van der Waals surface area contributed by atoms with E-state index in [0.717, 1.165) is 22.2 Å². The fourth-order valence-electron chi connectivity index (χ4n) is 2.77. The number of carbonyl (C=O) groups excluding carboxylic acids is 1. The SMILES string of the molecule is Cc1nn(CC(=O)NCC#Cc2cccc(C(F)(F)F)c2)c(=O)c2ccccc12. The van der Waals surface area contributed by atoms with Crippen molar-refractivity contribution in [3.63, 3.8) is 0 Å². The Labute approximate surface area is 164 Å². The van der Waals surface area contributed by atoms with E-state index in [1.165, 1.54) is 12.1 Å². The van der Waals surface area contributed by atoms with Crippen molar-refractivity contribution in [1.82, 2.24) is 15.1 Å². The Morgan fingerprint density at radius 1 is 1.14 bits per heavy atom. The minimum atomic E-state index is -4.44. The Morgan fingerprint density at radius 2 is 1.86 bits per heavy atom. The summed E-state index contributed by atoms with van der Waals surface area (Å²) in [7, 11) is 0. The molecule has 0 saturated carbocycles. The molecule has 3 aromatic rings. The van der Waals surface area contributed by atoms with Crippen LogP contribution in [0.2, 0.25) is 0 Å². The lowest BCUT2D eigenvalue weighted by Gasteiger charge is -2.08. The zero-order chi connectivity index (χ0) is 21.0. The Bertz CT molecular complexity index is 1190. The first-order chi connectivity index (χ1) is 13.8. The van der Waals surface area contributed by atoms with Crippen LogP contribution in [0.25, 0.3) is 10.8 Å². The maximum absolute atomic E-state index is 12.7. The number of alkyl halides is 3. The second kappa shape index (κ2) is 8.19. The maximum atomic E-state index is 12.7. The number of carbonyl (C=O) groups is 1. The molecule has 0 bridgehead atoms. The second-order valence-electron chi connectivity index (χ2n) is 6.25. The molecule has 0 atom stereocenters. The van der Waals surface area contributed by atoms with Gasteiger partial charge in [-0.3, -0.25) is 9.59 Å². The third-order valence-electron chi connectivity index (χ3n) is 4.14. The standard InChI is InChI=1S/C21H16F3N3O2/c1-14-17-9-2-3-10-18(17)20(29)27(26-14)13-19(28)25-11-5-7-15-6-4-8-16(12-15)21(22,23)24/h2-4,6,8-10,12H,11,13H2,1H3,(H,25,28). The lowest BCUT2D eigenvalue weighted by atomic mass is 10.1. The number of nitrogens with one attached hydrogen (secondary N) is 1. The molecule has 148 valence electrons. The van der Waals surface area contributed by atoms with Gasteiger partial charge in [-0.05, 0) is 31.2 Å². The van der Waals surface area contributed by atoms with Crippen molar-refractivity contribution in [2.45, 2.75) is 19.6 Å². The Hall–Kier alpha value is -3.60. The van der Waals surface area contributed by atoms with Gasteiger partial charge < -0.3 is 5.32 Å². The molecule has 1 N–H and O–H groups in total. The van der Waals surface area contributed by atoms with Gasteiger partial charge in [0.2, 0.25) is 5.91 Å². The van der Waals surface area contributed by atoms with Gasteiger partial charge in [0.05, 0.1) is 23.2 Å². The van der Waals surface area contributed by atoms with Crippen molar-refractivity contribution in [1.29, 1.82) is 0 Å². The summed E-state index contributed by atoms with van der Waals surface area (Å²) < 4.78 is 39.1. The highest BCUT2D eigenvalue weighted by Gasteiger charge is 2.30. The van der Waals surface area contributed by atoms with Crippen LogP contribution in [0.4, 0.5) is 13.2 Å². The summed E-state index contributed by atoms with van der Waals surface area (Å²) in [6, 6.07) is 11.6. The van der Waals surface area contributed by atoms with Gasteiger partial charge >= 0.3 is 6.18 Å². The van der Waals surface area contributed by atoms with Gasteiger partial charge in [-0.15, -0.1) is 0 Å². The summed E-state index contributed by atoms with van der Waals surface area (Å²) >= 11 is 0. The van der Waals surface area contributed by atoms with Gasteiger partial charge in [0.25, 0.3) is 5.56 Å². The largest absolute Gasteiger partial charge is 0.416 e. The van der Waals surface area contributed by atoms with Crippen LogP contribution in [0.5, 0.6) is 0 Å². The molecule has 2 aromatic carbocycles. The normalized spacial score (nSPS) is 11.0. The fourth-order valence-corrected chi connectivity index (χ4v) is 2.77. The number of hydrogen-bond acceptors (Lipinski definition) is 3. The molecule has 0 unspecified atom stereocenters. The molecule has 1 aromatic heterocycles. The van der Waals surface area contributed by atoms with Crippen molar-refractivity contribution in [3.05, 3.63) is 75.7 Å². The van der Waals surface area contributed by atoms with Crippen molar-refractivity contribution < 1.29 is 18.0 Å². The van der Waals surface area contributed by atoms with E-state index in [4.69, 9.17) is 0 Å². The lowest BCUT2D eigenvalue weighted by molar-refractivity contribution is -0.137. The van der Waals surface area contributed by atoms with E-state index < -0.39 is 17.6 Å². The molecule has 29 heavy (non-hydrogen) atoms. The average molecular weight is 399 g/mol. The minimum absolute atomic E-state index is 0.0730. The summed E-state index contributed by atoms with van der Waals surface area (Å²) in [5.41, 5.74) is -0.351. The Kier molecular flexibility index (Phi) is 5.69. The van der Waals surface area contributed by atoms with Gasteiger partial charge in [0.15, 0.2) is 0 Å². The molecular formula is C21H16F3N3O2. The predicted octanol–water partition coefficient (Wildman–Crippen LogP) is 2.89. The van der Waals surface area contributed by atoms with E-state index in [0.29, 0.717) is 11.1 Å². The van der Waals surface area contributed by atoms with Gasteiger partial charge in [0, 0.05) is 10.9 Å². The van der Waals surface area contributed by atoms with E-state index in [-0.39, 0.29) is 24.2 Å². The zero-order valence-corrected chi connectivity index (χ0v) is 15.4. The molecule has 0 saturated heterocycles. The molecule has 1 amide bonds. The van der Waals surface area contributed by atoms with Crippen LogP contribution in [0, 0.1) is 18.8 Å². The molecule has 3 rings (SSSR count). The number of nitrogens with zero attached hydrogens (tertiary/aromatic N) is 2. The average Bonchev–Trinajstić information content (AvgIpc) is 2.69. The molecule has 0 spiro atoms. The fraction of sp³-hybridized carbons (Fsp3) is 0.190. The lowest BCUT2D eigenvalue weighted by Crippen LogP contribution is -2.34. The van der Waals surface area contributed by atoms with Crippen LogP contribution in [-0.4, -0.2) is 22.2 Å². The number of amides is 1. The predicted molar refractivity (Wildman–Crippen MR) is 102 cm³/mol. The highest BCUT2D eigenvalue weighted by atomic mass is 19.4. The molecular weight excluding hydrogens is 383 g/mol. The van der Waals surface area contributed by atoms with Gasteiger partial charge in [0.1, 0.15) is 6.54 Å². The van der Waals surface area contributed by atoms with Gasteiger partial charge in [-0.2, -0.15) is 18.3 Å². The number of fused-ring (bicyclic) bond motifs is 1. The number of rotatable bonds is 3. The van der Waals surface area contributed by atoms with Crippen LogP contribution < -0.4 is 10.9 Å². The van der Waals surface area contributed by atoms with Crippen LogP contribution >= 0.6 is 0 Å².